The van der Waals surface area contributed by atoms with Crippen molar-refractivity contribution in [2.45, 2.75) is 46.2 Å². The van der Waals surface area contributed by atoms with Gasteiger partial charge < -0.3 is 10.4 Å². The second-order valence-electron chi connectivity index (χ2n) is 3.49. The van der Waals surface area contributed by atoms with Gasteiger partial charge in [-0.1, -0.05) is 20.8 Å². The largest absolute Gasteiger partial charge is 0.480 e. The Morgan fingerprint density at radius 3 is 2.17 bits per heavy atom. The van der Waals surface area contributed by atoms with Crippen molar-refractivity contribution in [1.82, 2.24) is 5.32 Å². The van der Waals surface area contributed by atoms with Crippen molar-refractivity contribution in [2.24, 2.45) is 5.92 Å². The van der Waals surface area contributed by atoms with Gasteiger partial charge in [0, 0.05) is 6.04 Å². The molecule has 0 aromatic carbocycles. The molecule has 0 spiro atoms. The minimum absolute atomic E-state index is 0.302. The van der Waals surface area contributed by atoms with E-state index < -0.39 is 12.0 Å². The summed E-state index contributed by atoms with van der Waals surface area (Å²) >= 11 is 0. The molecule has 3 nitrogen and oxygen atoms in total. The molecular formula is C9H19NO2. The van der Waals surface area contributed by atoms with Crippen LogP contribution in [0.5, 0.6) is 0 Å². The Balaban J connectivity index is 3.93. The molecule has 0 radical (unpaired) electrons. The monoisotopic (exact) mass is 173 g/mol. The normalized spacial score (nSPS) is 16.1. The van der Waals surface area contributed by atoms with Crippen LogP contribution in [0.2, 0.25) is 0 Å². The molecule has 12 heavy (non-hydrogen) atoms. The number of hydrogen-bond donors (Lipinski definition) is 2. The third kappa shape index (κ3) is 3.72. The Hall–Kier alpha value is -0.570. The van der Waals surface area contributed by atoms with Crippen LogP contribution in [0.1, 0.15) is 34.1 Å². The van der Waals surface area contributed by atoms with Crippen molar-refractivity contribution in [3.8, 4) is 0 Å². The molecule has 2 N–H and O–H groups in total. The average Bonchev–Trinajstić information content (AvgIpc) is 1.98. The Labute approximate surface area is 74.2 Å². The summed E-state index contributed by atoms with van der Waals surface area (Å²) in [6.45, 7) is 7.92. The summed E-state index contributed by atoms with van der Waals surface area (Å²) in [7, 11) is 0. The van der Waals surface area contributed by atoms with E-state index in [1.54, 1.807) is 6.92 Å². The predicted octanol–water partition coefficient (Wildman–Crippen LogP) is 1.48. The lowest BCUT2D eigenvalue weighted by Crippen LogP contribution is -2.43. The van der Waals surface area contributed by atoms with E-state index in [4.69, 9.17) is 5.11 Å². The van der Waals surface area contributed by atoms with E-state index in [1.165, 1.54) is 0 Å². The maximum atomic E-state index is 10.5. The van der Waals surface area contributed by atoms with Gasteiger partial charge in [-0.25, -0.2) is 0 Å². The van der Waals surface area contributed by atoms with Crippen molar-refractivity contribution in [1.29, 1.82) is 0 Å². The highest BCUT2D eigenvalue weighted by Crippen LogP contribution is 2.06. The van der Waals surface area contributed by atoms with Crippen LogP contribution in [0, 0.1) is 5.92 Å². The molecule has 0 aliphatic heterocycles. The van der Waals surface area contributed by atoms with Crippen molar-refractivity contribution >= 4 is 5.97 Å². The predicted molar refractivity (Wildman–Crippen MR) is 49.2 cm³/mol. The van der Waals surface area contributed by atoms with Crippen LogP contribution in [-0.4, -0.2) is 23.2 Å². The van der Waals surface area contributed by atoms with Gasteiger partial charge in [-0.15, -0.1) is 0 Å². The molecule has 2 unspecified atom stereocenters. The number of carboxylic acid groups (broad SMARTS) is 1. The molecule has 0 aliphatic carbocycles. The third-order valence-corrected chi connectivity index (χ3v) is 2.08. The SMILES string of the molecule is CCC(NC(C)C(=O)O)C(C)C. The lowest BCUT2D eigenvalue weighted by molar-refractivity contribution is -0.139. The van der Waals surface area contributed by atoms with E-state index in [9.17, 15) is 4.79 Å². The first-order valence-electron chi connectivity index (χ1n) is 4.47. The molecule has 0 rings (SSSR count). The minimum Gasteiger partial charge on any atom is -0.480 e. The third-order valence-electron chi connectivity index (χ3n) is 2.08. The van der Waals surface area contributed by atoms with Crippen LogP contribution in [0.15, 0.2) is 0 Å². The van der Waals surface area contributed by atoms with Crippen molar-refractivity contribution < 1.29 is 9.90 Å². The smallest absolute Gasteiger partial charge is 0.320 e. The number of carboxylic acids is 1. The van der Waals surface area contributed by atoms with Crippen LogP contribution in [0.25, 0.3) is 0 Å². The van der Waals surface area contributed by atoms with Crippen LogP contribution in [0.4, 0.5) is 0 Å². The van der Waals surface area contributed by atoms with E-state index in [2.05, 4.69) is 26.1 Å². The number of hydrogen-bond acceptors (Lipinski definition) is 2. The summed E-state index contributed by atoms with van der Waals surface area (Å²) in [6, 6.07) is -0.145. The Kier molecular flexibility index (Phi) is 4.90. The fourth-order valence-corrected chi connectivity index (χ4v) is 1.17. The Bertz CT molecular complexity index is 145. The number of aliphatic carboxylic acids is 1. The molecule has 0 heterocycles. The van der Waals surface area contributed by atoms with Gasteiger partial charge in [-0.2, -0.15) is 0 Å². The first-order chi connectivity index (χ1) is 5.49. The van der Waals surface area contributed by atoms with Gasteiger partial charge in [-0.3, -0.25) is 4.79 Å². The van der Waals surface area contributed by atoms with Gasteiger partial charge in [0.25, 0.3) is 0 Å². The standard InChI is InChI=1S/C9H19NO2/c1-5-8(6(2)3)10-7(4)9(11)12/h6-8,10H,5H2,1-4H3,(H,11,12). The first-order valence-corrected chi connectivity index (χ1v) is 4.47. The number of nitrogens with one attached hydrogen (secondary N) is 1. The van der Waals surface area contributed by atoms with Crippen LogP contribution in [0.3, 0.4) is 0 Å². The number of carbonyl (C=O) groups is 1. The highest BCUT2D eigenvalue weighted by Gasteiger charge is 2.17. The van der Waals surface area contributed by atoms with Crippen molar-refractivity contribution in [3.63, 3.8) is 0 Å². The summed E-state index contributed by atoms with van der Waals surface area (Å²) < 4.78 is 0. The van der Waals surface area contributed by atoms with Gasteiger partial charge in [0.05, 0.1) is 0 Å². The quantitative estimate of drug-likeness (QED) is 0.662. The van der Waals surface area contributed by atoms with Crippen LogP contribution < -0.4 is 5.32 Å². The van der Waals surface area contributed by atoms with E-state index in [0.29, 0.717) is 12.0 Å². The van der Waals surface area contributed by atoms with Crippen molar-refractivity contribution in [3.05, 3.63) is 0 Å². The first kappa shape index (κ1) is 11.4. The highest BCUT2D eigenvalue weighted by atomic mass is 16.4. The minimum atomic E-state index is -0.783. The molecule has 0 aromatic rings. The molecule has 0 fully saturated rings. The molecule has 2 atom stereocenters. The van der Waals surface area contributed by atoms with Crippen molar-refractivity contribution in [2.75, 3.05) is 0 Å². The maximum Gasteiger partial charge on any atom is 0.320 e. The molecule has 0 saturated heterocycles. The average molecular weight is 173 g/mol. The number of rotatable bonds is 5. The topological polar surface area (TPSA) is 49.3 Å². The molecular weight excluding hydrogens is 154 g/mol. The fourth-order valence-electron chi connectivity index (χ4n) is 1.17. The Morgan fingerprint density at radius 2 is 1.92 bits per heavy atom. The summed E-state index contributed by atoms with van der Waals surface area (Å²) in [5.74, 6) is -0.300. The van der Waals surface area contributed by atoms with Gasteiger partial charge in [0.1, 0.15) is 6.04 Å². The Morgan fingerprint density at radius 1 is 1.42 bits per heavy atom. The van der Waals surface area contributed by atoms with Gasteiger partial charge in [-0.05, 0) is 19.3 Å². The zero-order valence-corrected chi connectivity index (χ0v) is 8.29. The second kappa shape index (κ2) is 5.14. The summed E-state index contributed by atoms with van der Waals surface area (Å²) in [5.41, 5.74) is 0. The zero-order chi connectivity index (χ0) is 9.72. The summed E-state index contributed by atoms with van der Waals surface area (Å²) in [6.07, 6.45) is 0.968. The molecule has 3 heteroatoms. The highest BCUT2D eigenvalue weighted by molar-refractivity contribution is 5.72. The molecule has 0 aliphatic rings. The molecule has 72 valence electrons. The second-order valence-corrected chi connectivity index (χ2v) is 3.49. The summed E-state index contributed by atoms with van der Waals surface area (Å²) in [4.78, 5) is 10.5. The van der Waals surface area contributed by atoms with E-state index >= 15 is 0 Å². The maximum absolute atomic E-state index is 10.5. The van der Waals surface area contributed by atoms with Gasteiger partial charge in [0.15, 0.2) is 0 Å². The molecule has 0 aromatic heterocycles. The van der Waals surface area contributed by atoms with Gasteiger partial charge in [0.2, 0.25) is 0 Å². The van der Waals surface area contributed by atoms with E-state index in [0.717, 1.165) is 6.42 Å². The van der Waals surface area contributed by atoms with E-state index in [-0.39, 0.29) is 0 Å². The van der Waals surface area contributed by atoms with E-state index in [1.807, 2.05) is 0 Å². The molecule has 0 amide bonds. The molecule has 0 bridgehead atoms. The molecule has 0 saturated carbocycles. The van der Waals surface area contributed by atoms with Crippen LogP contribution in [-0.2, 0) is 4.79 Å². The lowest BCUT2D eigenvalue weighted by Gasteiger charge is -2.23. The van der Waals surface area contributed by atoms with Crippen LogP contribution >= 0.6 is 0 Å². The van der Waals surface area contributed by atoms with Gasteiger partial charge >= 0.3 is 5.97 Å². The zero-order valence-electron chi connectivity index (χ0n) is 8.29. The lowest BCUT2D eigenvalue weighted by atomic mass is 10.0. The fraction of sp³-hybridized carbons (Fsp3) is 0.889. The summed E-state index contributed by atoms with van der Waals surface area (Å²) in [5, 5.41) is 11.7.